The normalized spacial score (nSPS) is 16.4. The number of carbonyl (C=O) groups excluding carboxylic acids is 3. The van der Waals surface area contributed by atoms with Gasteiger partial charge in [0.2, 0.25) is 0 Å². The highest BCUT2D eigenvalue weighted by Crippen LogP contribution is 2.34. The van der Waals surface area contributed by atoms with E-state index in [-0.39, 0.29) is 28.6 Å². The van der Waals surface area contributed by atoms with Crippen LogP contribution in [0, 0.1) is 0 Å². The van der Waals surface area contributed by atoms with Gasteiger partial charge in [-0.3, -0.25) is 19.3 Å². The minimum atomic E-state index is -0.668. The maximum Gasteiger partial charge on any atom is 0.326 e. The standard InChI is InChI=1S/C14H13NO6S/c1-2-21-12(18)7-15-13(19)11(22-14(15)20)5-8-3-4-9(16)6-10(8)17/h3-6,16-17H,2,7H2,1H3. The van der Waals surface area contributed by atoms with Gasteiger partial charge in [0.1, 0.15) is 18.0 Å². The molecule has 1 aromatic rings. The van der Waals surface area contributed by atoms with Crippen molar-refractivity contribution in [2.75, 3.05) is 13.2 Å². The van der Waals surface area contributed by atoms with Gasteiger partial charge in [-0.1, -0.05) is 0 Å². The molecule has 1 heterocycles. The van der Waals surface area contributed by atoms with E-state index in [4.69, 9.17) is 4.74 Å². The first kappa shape index (κ1) is 15.9. The largest absolute Gasteiger partial charge is 0.508 e. The Morgan fingerprint density at radius 3 is 2.73 bits per heavy atom. The molecule has 0 spiro atoms. The van der Waals surface area contributed by atoms with E-state index in [1.807, 2.05) is 0 Å². The molecule has 0 aliphatic carbocycles. The number of nitrogens with zero attached hydrogens (tertiary/aromatic N) is 1. The number of hydrogen-bond donors (Lipinski definition) is 2. The Kier molecular flexibility index (Phi) is 4.71. The summed E-state index contributed by atoms with van der Waals surface area (Å²) < 4.78 is 4.70. The first-order chi connectivity index (χ1) is 10.4. The van der Waals surface area contributed by atoms with Crippen molar-refractivity contribution in [1.82, 2.24) is 4.90 Å². The molecule has 7 nitrogen and oxygen atoms in total. The number of ether oxygens (including phenoxy) is 1. The van der Waals surface area contributed by atoms with Crippen molar-refractivity contribution in [3.8, 4) is 11.5 Å². The molecule has 0 unspecified atom stereocenters. The molecule has 0 saturated carbocycles. The zero-order valence-corrected chi connectivity index (χ0v) is 12.4. The van der Waals surface area contributed by atoms with Crippen LogP contribution in [-0.2, 0) is 14.3 Å². The van der Waals surface area contributed by atoms with E-state index in [1.54, 1.807) is 6.92 Å². The van der Waals surface area contributed by atoms with Gasteiger partial charge in [0.05, 0.1) is 11.5 Å². The van der Waals surface area contributed by atoms with Crippen LogP contribution in [0.15, 0.2) is 23.1 Å². The van der Waals surface area contributed by atoms with Gasteiger partial charge in [-0.2, -0.15) is 0 Å². The summed E-state index contributed by atoms with van der Waals surface area (Å²) in [6, 6.07) is 3.87. The summed E-state index contributed by atoms with van der Waals surface area (Å²) in [6.45, 7) is 1.34. The topological polar surface area (TPSA) is 104 Å². The zero-order valence-electron chi connectivity index (χ0n) is 11.6. The third-order valence-electron chi connectivity index (χ3n) is 2.77. The van der Waals surface area contributed by atoms with Gasteiger partial charge in [-0.25, -0.2) is 0 Å². The predicted octanol–water partition coefficient (Wildman–Crippen LogP) is 1.70. The van der Waals surface area contributed by atoms with Crippen LogP contribution in [0.5, 0.6) is 11.5 Å². The van der Waals surface area contributed by atoms with Gasteiger partial charge >= 0.3 is 5.97 Å². The lowest BCUT2D eigenvalue weighted by molar-refractivity contribution is -0.145. The fourth-order valence-electron chi connectivity index (χ4n) is 1.77. The lowest BCUT2D eigenvalue weighted by Crippen LogP contribution is -2.34. The van der Waals surface area contributed by atoms with Crippen molar-refractivity contribution in [3.05, 3.63) is 28.7 Å². The number of imide groups is 1. The summed E-state index contributed by atoms with van der Waals surface area (Å²) in [5.74, 6) is -1.64. The van der Waals surface area contributed by atoms with Crippen LogP contribution in [0.1, 0.15) is 12.5 Å². The highest BCUT2D eigenvalue weighted by atomic mass is 32.2. The van der Waals surface area contributed by atoms with Crippen molar-refractivity contribution >= 4 is 35.0 Å². The Labute approximate surface area is 130 Å². The maximum absolute atomic E-state index is 12.1. The summed E-state index contributed by atoms with van der Waals surface area (Å²) in [5, 5.41) is 18.3. The Bertz CT molecular complexity index is 669. The molecular weight excluding hydrogens is 310 g/mol. The minimum absolute atomic E-state index is 0.0790. The molecule has 8 heteroatoms. The number of thioether (sulfide) groups is 1. The molecule has 1 fully saturated rings. The number of rotatable bonds is 4. The van der Waals surface area contributed by atoms with Gasteiger partial charge in [-0.05, 0) is 36.9 Å². The molecular formula is C14H13NO6S. The summed E-state index contributed by atoms with van der Waals surface area (Å²) >= 11 is 0.667. The summed E-state index contributed by atoms with van der Waals surface area (Å²) in [6.07, 6.45) is 1.32. The van der Waals surface area contributed by atoms with E-state index in [9.17, 15) is 24.6 Å². The highest BCUT2D eigenvalue weighted by molar-refractivity contribution is 8.18. The van der Waals surface area contributed by atoms with Crippen LogP contribution >= 0.6 is 11.8 Å². The number of phenolic OH excluding ortho intramolecular Hbond substituents is 2. The van der Waals surface area contributed by atoms with Crippen LogP contribution < -0.4 is 0 Å². The monoisotopic (exact) mass is 323 g/mol. The van der Waals surface area contributed by atoms with E-state index in [0.29, 0.717) is 11.8 Å². The molecule has 1 aliphatic rings. The Morgan fingerprint density at radius 1 is 1.36 bits per heavy atom. The van der Waals surface area contributed by atoms with Crippen molar-refractivity contribution in [1.29, 1.82) is 0 Å². The Balaban J connectivity index is 2.20. The average Bonchev–Trinajstić information content (AvgIpc) is 2.70. The van der Waals surface area contributed by atoms with Gasteiger partial charge in [-0.15, -0.1) is 0 Å². The van der Waals surface area contributed by atoms with E-state index < -0.39 is 23.7 Å². The molecule has 0 atom stereocenters. The SMILES string of the molecule is CCOC(=O)CN1C(=O)SC(=Cc2ccc(O)cc2O)C1=O. The van der Waals surface area contributed by atoms with E-state index in [2.05, 4.69) is 0 Å². The molecule has 0 bridgehead atoms. The average molecular weight is 323 g/mol. The molecule has 1 aromatic carbocycles. The van der Waals surface area contributed by atoms with E-state index >= 15 is 0 Å². The minimum Gasteiger partial charge on any atom is -0.508 e. The number of esters is 1. The molecule has 2 N–H and O–H groups in total. The quantitative estimate of drug-likeness (QED) is 0.642. The molecule has 116 valence electrons. The third-order valence-corrected chi connectivity index (χ3v) is 3.67. The number of benzene rings is 1. The second kappa shape index (κ2) is 6.52. The fraction of sp³-hybridized carbons (Fsp3) is 0.214. The van der Waals surface area contributed by atoms with E-state index in [0.717, 1.165) is 11.0 Å². The van der Waals surface area contributed by atoms with Crippen molar-refractivity contribution in [2.45, 2.75) is 6.92 Å². The first-order valence-electron chi connectivity index (χ1n) is 6.35. The fourth-order valence-corrected chi connectivity index (χ4v) is 2.60. The van der Waals surface area contributed by atoms with Crippen LogP contribution in [0.3, 0.4) is 0 Å². The van der Waals surface area contributed by atoms with E-state index in [1.165, 1.54) is 18.2 Å². The number of amides is 2. The van der Waals surface area contributed by atoms with Gasteiger partial charge in [0.15, 0.2) is 0 Å². The molecule has 0 radical (unpaired) electrons. The predicted molar refractivity (Wildman–Crippen MR) is 79.1 cm³/mol. The second-order valence-corrected chi connectivity index (χ2v) is 5.31. The van der Waals surface area contributed by atoms with Crippen molar-refractivity contribution in [2.24, 2.45) is 0 Å². The maximum atomic E-state index is 12.1. The molecule has 2 amide bonds. The van der Waals surface area contributed by atoms with Crippen LogP contribution in [0.2, 0.25) is 0 Å². The van der Waals surface area contributed by atoms with Crippen LogP contribution in [0.4, 0.5) is 4.79 Å². The van der Waals surface area contributed by atoms with Gasteiger partial charge in [0, 0.05) is 11.6 Å². The molecule has 2 rings (SSSR count). The smallest absolute Gasteiger partial charge is 0.326 e. The van der Waals surface area contributed by atoms with Crippen LogP contribution in [-0.4, -0.2) is 45.4 Å². The van der Waals surface area contributed by atoms with Crippen molar-refractivity contribution in [3.63, 3.8) is 0 Å². The highest BCUT2D eigenvalue weighted by Gasteiger charge is 2.36. The molecule has 1 aliphatic heterocycles. The number of phenols is 2. The molecule has 1 saturated heterocycles. The Hall–Kier alpha value is -2.48. The third kappa shape index (κ3) is 3.40. The van der Waals surface area contributed by atoms with Gasteiger partial charge < -0.3 is 14.9 Å². The summed E-state index contributed by atoms with van der Waals surface area (Å²) in [7, 11) is 0. The number of carbonyl (C=O) groups is 3. The number of hydrogen-bond acceptors (Lipinski definition) is 7. The Morgan fingerprint density at radius 2 is 2.09 bits per heavy atom. The zero-order chi connectivity index (χ0) is 16.3. The molecule has 0 aromatic heterocycles. The van der Waals surface area contributed by atoms with Crippen LogP contribution in [0.25, 0.3) is 6.08 Å². The lowest BCUT2D eigenvalue weighted by Gasteiger charge is -2.10. The summed E-state index contributed by atoms with van der Waals surface area (Å²) in [4.78, 5) is 36.1. The number of aromatic hydroxyl groups is 2. The second-order valence-electron chi connectivity index (χ2n) is 4.32. The molecule has 22 heavy (non-hydrogen) atoms. The van der Waals surface area contributed by atoms with Gasteiger partial charge in [0.25, 0.3) is 11.1 Å². The first-order valence-corrected chi connectivity index (χ1v) is 7.17. The summed E-state index contributed by atoms with van der Waals surface area (Å²) in [5.41, 5.74) is 0.277. The lowest BCUT2D eigenvalue weighted by atomic mass is 10.1. The van der Waals surface area contributed by atoms with Crippen molar-refractivity contribution < 1.29 is 29.3 Å².